The molecule has 5 nitrogen and oxygen atoms in total. The van der Waals surface area contributed by atoms with Crippen LogP contribution in [0.1, 0.15) is 19.8 Å². The Morgan fingerprint density at radius 2 is 2.19 bits per heavy atom. The highest BCUT2D eigenvalue weighted by Crippen LogP contribution is 2.30. The zero-order chi connectivity index (χ0) is 15.6. The van der Waals surface area contributed by atoms with Gasteiger partial charge in [0.2, 0.25) is 0 Å². The third kappa shape index (κ3) is 3.68. The predicted octanol–water partition coefficient (Wildman–Crippen LogP) is 3.82. The average molecular weight is 376 g/mol. The average Bonchev–Trinajstić information content (AvgIpc) is 2.43. The van der Waals surface area contributed by atoms with Crippen LogP contribution in [0.25, 0.3) is 0 Å². The van der Waals surface area contributed by atoms with Gasteiger partial charge in [0.05, 0.1) is 10.4 Å². The van der Waals surface area contributed by atoms with Crippen molar-refractivity contribution in [3.05, 3.63) is 27.7 Å². The van der Waals surface area contributed by atoms with E-state index in [0.29, 0.717) is 30.1 Å². The van der Waals surface area contributed by atoms with Crippen molar-refractivity contribution in [2.45, 2.75) is 19.8 Å². The maximum atomic E-state index is 12.2. The van der Waals surface area contributed by atoms with Crippen LogP contribution in [0.5, 0.6) is 0 Å². The van der Waals surface area contributed by atoms with Gasteiger partial charge in [-0.1, -0.05) is 11.6 Å². The largest absolute Gasteiger partial charge is 0.481 e. The van der Waals surface area contributed by atoms with E-state index in [-0.39, 0.29) is 12.6 Å². The number of carbonyl (C=O) groups excluding carboxylic acids is 1. The number of likely N-dealkylation sites (tertiary alicyclic amines) is 1. The number of anilines is 1. The number of carbonyl (C=O) groups is 2. The molecule has 7 heteroatoms. The molecule has 0 radical (unpaired) electrons. The topological polar surface area (TPSA) is 69.6 Å². The molecule has 2 rings (SSSR count). The van der Waals surface area contributed by atoms with Gasteiger partial charge in [0, 0.05) is 23.2 Å². The smallest absolute Gasteiger partial charge is 0.321 e. The lowest BCUT2D eigenvalue weighted by Gasteiger charge is -2.37. The van der Waals surface area contributed by atoms with E-state index in [1.807, 2.05) is 0 Å². The van der Waals surface area contributed by atoms with E-state index in [1.54, 1.807) is 25.1 Å². The Labute approximate surface area is 136 Å². The molecule has 0 spiro atoms. The fourth-order valence-corrected chi connectivity index (χ4v) is 2.79. The van der Waals surface area contributed by atoms with Crippen molar-refractivity contribution >= 4 is 45.2 Å². The molecule has 2 amide bonds. The first kappa shape index (κ1) is 16.1. The van der Waals surface area contributed by atoms with Crippen molar-refractivity contribution in [1.82, 2.24) is 4.90 Å². The van der Waals surface area contributed by atoms with E-state index in [2.05, 4.69) is 21.2 Å². The van der Waals surface area contributed by atoms with E-state index < -0.39 is 11.4 Å². The van der Waals surface area contributed by atoms with Gasteiger partial charge in [0.25, 0.3) is 0 Å². The molecular formula is C14H16BrClN2O3. The van der Waals surface area contributed by atoms with Crippen molar-refractivity contribution in [2.24, 2.45) is 5.41 Å². The van der Waals surface area contributed by atoms with Gasteiger partial charge in [-0.05, 0) is 53.9 Å². The summed E-state index contributed by atoms with van der Waals surface area (Å²) in [5.41, 5.74) is -0.303. The second kappa shape index (κ2) is 6.23. The summed E-state index contributed by atoms with van der Waals surface area (Å²) in [6.45, 7) is 2.43. The molecule has 1 heterocycles. The number of nitrogens with zero attached hydrogens (tertiary/aromatic N) is 1. The minimum absolute atomic E-state index is 0.207. The highest BCUT2D eigenvalue weighted by atomic mass is 79.9. The Balaban J connectivity index is 2.06. The zero-order valence-electron chi connectivity index (χ0n) is 11.5. The number of hydrogen-bond acceptors (Lipinski definition) is 2. The number of rotatable bonds is 2. The second-order valence-corrected chi connectivity index (χ2v) is 6.71. The molecule has 0 bridgehead atoms. The molecule has 1 unspecified atom stereocenters. The normalized spacial score (nSPS) is 22.0. The van der Waals surface area contributed by atoms with Crippen LogP contribution < -0.4 is 5.32 Å². The van der Waals surface area contributed by atoms with Crippen LogP contribution in [0.3, 0.4) is 0 Å². The molecule has 0 aliphatic carbocycles. The number of carboxylic acids is 1. The van der Waals surface area contributed by atoms with Crippen LogP contribution in [-0.2, 0) is 4.79 Å². The van der Waals surface area contributed by atoms with Crippen molar-refractivity contribution in [3.63, 3.8) is 0 Å². The maximum Gasteiger partial charge on any atom is 0.321 e. The molecule has 1 aromatic carbocycles. The molecule has 21 heavy (non-hydrogen) atoms. The summed E-state index contributed by atoms with van der Waals surface area (Å²) in [6, 6.07) is 4.81. The Bertz CT molecular complexity index is 581. The lowest BCUT2D eigenvalue weighted by Crippen LogP contribution is -2.49. The lowest BCUT2D eigenvalue weighted by molar-refractivity contribution is -0.150. The fraction of sp³-hybridized carbons (Fsp3) is 0.429. The van der Waals surface area contributed by atoms with Gasteiger partial charge in [0.15, 0.2) is 0 Å². The van der Waals surface area contributed by atoms with Gasteiger partial charge in [0.1, 0.15) is 0 Å². The minimum Gasteiger partial charge on any atom is -0.481 e. The van der Waals surface area contributed by atoms with Gasteiger partial charge < -0.3 is 15.3 Å². The molecule has 1 fully saturated rings. The standard InChI is InChI=1S/C14H16BrClN2O3/c1-14(12(19)20)5-2-6-18(8-14)13(21)17-9-3-4-10(15)11(16)7-9/h3-4,7H,2,5-6,8H2,1H3,(H,17,21)(H,19,20). The van der Waals surface area contributed by atoms with Crippen LogP contribution in [0.2, 0.25) is 5.02 Å². The summed E-state index contributed by atoms with van der Waals surface area (Å²) in [5.74, 6) is -0.869. The molecule has 1 saturated heterocycles. The summed E-state index contributed by atoms with van der Waals surface area (Å²) < 4.78 is 0.749. The van der Waals surface area contributed by atoms with E-state index in [9.17, 15) is 14.7 Å². The van der Waals surface area contributed by atoms with Crippen molar-refractivity contribution in [1.29, 1.82) is 0 Å². The third-order valence-corrected chi connectivity index (χ3v) is 4.90. The van der Waals surface area contributed by atoms with Crippen LogP contribution >= 0.6 is 27.5 Å². The Hall–Kier alpha value is -1.27. The number of piperidine rings is 1. The maximum absolute atomic E-state index is 12.2. The lowest BCUT2D eigenvalue weighted by atomic mass is 9.82. The monoisotopic (exact) mass is 374 g/mol. The van der Waals surface area contributed by atoms with Gasteiger partial charge in [-0.25, -0.2) is 4.79 Å². The van der Waals surface area contributed by atoms with E-state index >= 15 is 0 Å². The number of amides is 2. The van der Waals surface area contributed by atoms with E-state index in [0.717, 1.165) is 4.47 Å². The van der Waals surface area contributed by atoms with Gasteiger partial charge in [-0.15, -0.1) is 0 Å². The summed E-state index contributed by atoms with van der Waals surface area (Å²) in [7, 11) is 0. The summed E-state index contributed by atoms with van der Waals surface area (Å²) in [5, 5.41) is 12.5. The first-order valence-corrected chi connectivity index (χ1v) is 7.73. The summed E-state index contributed by atoms with van der Waals surface area (Å²) in [6.07, 6.45) is 1.26. The van der Waals surface area contributed by atoms with Gasteiger partial charge in [-0.2, -0.15) is 0 Å². The summed E-state index contributed by atoms with van der Waals surface area (Å²) in [4.78, 5) is 25.1. The summed E-state index contributed by atoms with van der Waals surface area (Å²) >= 11 is 9.26. The molecule has 0 aromatic heterocycles. The van der Waals surface area contributed by atoms with Gasteiger partial charge in [-0.3, -0.25) is 4.79 Å². The number of halogens is 2. The van der Waals surface area contributed by atoms with Gasteiger partial charge >= 0.3 is 12.0 Å². The number of benzene rings is 1. The number of aliphatic carboxylic acids is 1. The Kier molecular flexibility index (Phi) is 4.78. The quantitative estimate of drug-likeness (QED) is 0.825. The zero-order valence-corrected chi connectivity index (χ0v) is 13.9. The first-order valence-electron chi connectivity index (χ1n) is 6.56. The fourth-order valence-electron chi connectivity index (χ4n) is 2.36. The highest BCUT2D eigenvalue weighted by Gasteiger charge is 2.39. The number of nitrogens with one attached hydrogen (secondary N) is 1. The molecule has 114 valence electrons. The number of hydrogen-bond donors (Lipinski definition) is 2. The molecule has 1 aliphatic rings. The molecule has 2 N–H and O–H groups in total. The molecule has 1 aliphatic heterocycles. The van der Waals surface area contributed by atoms with Crippen LogP contribution in [0.15, 0.2) is 22.7 Å². The first-order chi connectivity index (χ1) is 9.82. The molecule has 0 saturated carbocycles. The Morgan fingerprint density at radius 1 is 1.48 bits per heavy atom. The van der Waals surface area contributed by atoms with E-state index in [1.165, 1.54) is 4.90 Å². The van der Waals surface area contributed by atoms with Crippen LogP contribution in [0.4, 0.5) is 10.5 Å². The van der Waals surface area contributed by atoms with Crippen molar-refractivity contribution in [2.75, 3.05) is 18.4 Å². The third-order valence-electron chi connectivity index (χ3n) is 3.67. The molecule has 1 aromatic rings. The van der Waals surface area contributed by atoms with Crippen LogP contribution in [-0.4, -0.2) is 35.1 Å². The van der Waals surface area contributed by atoms with E-state index in [4.69, 9.17) is 11.6 Å². The van der Waals surface area contributed by atoms with Crippen molar-refractivity contribution < 1.29 is 14.7 Å². The number of urea groups is 1. The highest BCUT2D eigenvalue weighted by molar-refractivity contribution is 9.10. The second-order valence-electron chi connectivity index (χ2n) is 5.45. The Morgan fingerprint density at radius 3 is 2.81 bits per heavy atom. The molecular weight excluding hydrogens is 360 g/mol. The molecule has 1 atom stereocenters. The van der Waals surface area contributed by atoms with Crippen molar-refractivity contribution in [3.8, 4) is 0 Å². The SMILES string of the molecule is CC1(C(=O)O)CCCN(C(=O)Nc2ccc(Br)c(Cl)c2)C1. The van der Waals surface area contributed by atoms with Crippen LogP contribution in [0, 0.1) is 5.41 Å². The predicted molar refractivity (Wildman–Crippen MR) is 84.7 cm³/mol. The number of carboxylic acid groups (broad SMARTS) is 1. The minimum atomic E-state index is -0.882.